The number of para-hydroxylation sites is 1. The van der Waals surface area contributed by atoms with Gasteiger partial charge in [-0.15, -0.1) is 0 Å². The molecule has 25 heavy (non-hydrogen) atoms. The Morgan fingerprint density at radius 3 is 2.28 bits per heavy atom. The molecule has 0 unspecified atom stereocenters. The lowest BCUT2D eigenvalue weighted by Gasteiger charge is -2.42. The van der Waals surface area contributed by atoms with Crippen LogP contribution in [-0.4, -0.2) is 66.9 Å². The minimum Gasteiger partial charge on any atom is -0.371 e. The third-order valence-corrected chi connectivity index (χ3v) is 4.43. The van der Waals surface area contributed by atoms with Crippen LogP contribution in [0, 0.1) is 0 Å². The SMILES string of the molecule is CC(C)NC(=O)C1(Nc2ccccc2)CCN(C(=O)CN(C)C)CC1. The van der Waals surface area contributed by atoms with Gasteiger partial charge in [-0.25, -0.2) is 0 Å². The minimum absolute atomic E-state index is 0.00561. The molecule has 1 aromatic rings. The van der Waals surface area contributed by atoms with Gasteiger partial charge >= 0.3 is 0 Å². The number of hydrogen-bond acceptors (Lipinski definition) is 4. The molecule has 2 N–H and O–H groups in total. The average Bonchev–Trinajstić information content (AvgIpc) is 2.55. The van der Waals surface area contributed by atoms with E-state index >= 15 is 0 Å². The number of nitrogens with one attached hydrogen (secondary N) is 2. The molecule has 2 amide bonds. The highest BCUT2D eigenvalue weighted by atomic mass is 16.2. The van der Waals surface area contributed by atoms with Crippen molar-refractivity contribution in [3.8, 4) is 0 Å². The summed E-state index contributed by atoms with van der Waals surface area (Å²) in [5, 5.41) is 6.48. The second kappa shape index (κ2) is 8.34. The number of nitrogens with zero attached hydrogens (tertiary/aromatic N) is 2. The molecule has 138 valence electrons. The Hall–Kier alpha value is -2.08. The van der Waals surface area contributed by atoms with E-state index in [0.29, 0.717) is 32.5 Å². The van der Waals surface area contributed by atoms with E-state index in [1.807, 2.05) is 68.1 Å². The van der Waals surface area contributed by atoms with Crippen LogP contribution >= 0.6 is 0 Å². The highest BCUT2D eigenvalue weighted by Gasteiger charge is 2.42. The molecule has 0 saturated carbocycles. The molecule has 0 radical (unpaired) electrons. The zero-order valence-electron chi connectivity index (χ0n) is 15.7. The molecule has 2 rings (SSSR count). The first-order valence-corrected chi connectivity index (χ1v) is 8.89. The largest absolute Gasteiger partial charge is 0.371 e. The number of rotatable bonds is 6. The third-order valence-electron chi connectivity index (χ3n) is 4.43. The Labute approximate surface area is 150 Å². The summed E-state index contributed by atoms with van der Waals surface area (Å²) in [6.07, 6.45) is 1.19. The van der Waals surface area contributed by atoms with Crippen LogP contribution in [0.5, 0.6) is 0 Å². The van der Waals surface area contributed by atoms with E-state index in [4.69, 9.17) is 0 Å². The fourth-order valence-electron chi connectivity index (χ4n) is 3.12. The molecule has 6 nitrogen and oxygen atoms in total. The first kappa shape index (κ1) is 19.2. The van der Waals surface area contributed by atoms with Crippen LogP contribution in [0.3, 0.4) is 0 Å². The summed E-state index contributed by atoms with van der Waals surface area (Å²) in [5.41, 5.74) is 0.245. The quantitative estimate of drug-likeness (QED) is 0.820. The zero-order chi connectivity index (χ0) is 18.4. The van der Waals surface area contributed by atoms with Gasteiger partial charge in [0, 0.05) is 24.8 Å². The van der Waals surface area contributed by atoms with Gasteiger partial charge in [0.2, 0.25) is 11.8 Å². The Kier molecular flexibility index (Phi) is 6.42. The highest BCUT2D eigenvalue weighted by molar-refractivity contribution is 5.90. The Bertz CT molecular complexity index is 578. The van der Waals surface area contributed by atoms with Gasteiger partial charge in [-0.2, -0.15) is 0 Å². The van der Waals surface area contributed by atoms with E-state index in [9.17, 15) is 9.59 Å². The van der Waals surface area contributed by atoms with E-state index in [2.05, 4.69) is 10.6 Å². The first-order chi connectivity index (χ1) is 11.8. The summed E-state index contributed by atoms with van der Waals surface area (Å²) in [6, 6.07) is 9.87. The Morgan fingerprint density at radius 1 is 1.16 bits per heavy atom. The molecule has 0 aliphatic carbocycles. The van der Waals surface area contributed by atoms with Crippen molar-refractivity contribution < 1.29 is 9.59 Å². The van der Waals surface area contributed by atoms with E-state index in [1.165, 1.54) is 0 Å². The maximum absolute atomic E-state index is 12.9. The summed E-state index contributed by atoms with van der Waals surface area (Å²) in [6.45, 7) is 5.49. The number of amides is 2. The van der Waals surface area contributed by atoms with Gasteiger partial charge in [-0.3, -0.25) is 9.59 Å². The van der Waals surface area contributed by atoms with Crippen LogP contribution < -0.4 is 10.6 Å². The number of likely N-dealkylation sites (N-methyl/N-ethyl adjacent to an activating group) is 1. The van der Waals surface area contributed by atoms with Gasteiger partial charge in [0.1, 0.15) is 5.54 Å². The van der Waals surface area contributed by atoms with Crippen LogP contribution in [0.2, 0.25) is 0 Å². The molecular formula is C19H30N4O2. The molecule has 6 heteroatoms. The van der Waals surface area contributed by atoms with Crippen molar-refractivity contribution in [2.75, 3.05) is 39.0 Å². The number of piperidine rings is 1. The van der Waals surface area contributed by atoms with Crippen LogP contribution in [0.1, 0.15) is 26.7 Å². The standard InChI is InChI=1S/C19H30N4O2/c1-15(2)20-18(25)19(21-16-8-6-5-7-9-16)10-12-23(13-11-19)17(24)14-22(3)4/h5-9,15,21H,10-14H2,1-4H3,(H,20,25). The van der Waals surface area contributed by atoms with Gasteiger partial charge in [0.25, 0.3) is 0 Å². The number of hydrogen-bond donors (Lipinski definition) is 2. The summed E-state index contributed by atoms with van der Waals surface area (Å²) in [7, 11) is 3.78. The van der Waals surface area contributed by atoms with Gasteiger partial charge < -0.3 is 20.4 Å². The maximum Gasteiger partial charge on any atom is 0.246 e. The second-order valence-electron chi connectivity index (χ2n) is 7.32. The molecule has 1 fully saturated rings. The van der Waals surface area contributed by atoms with Crippen molar-refractivity contribution in [1.82, 2.24) is 15.1 Å². The molecule has 0 atom stereocenters. The Morgan fingerprint density at radius 2 is 1.76 bits per heavy atom. The summed E-state index contributed by atoms with van der Waals surface area (Å²) >= 11 is 0. The van der Waals surface area contributed by atoms with Crippen LogP contribution in [0.4, 0.5) is 5.69 Å². The van der Waals surface area contributed by atoms with Crippen LogP contribution in [0.15, 0.2) is 30.3 Å². The second-order valence-corrected chi connectivity index (χ2v) is 7.32. The van der Waals surface area contributed by atoms with Crippen molar-refractivity contribution in [2.45, 2.75) is 38.3 Å². The topological polar surface area (TPSA) is 64.7 Å². The van der Waals surface area contributed by atoms with E-state index in [0.717, 1.165) is 5.69 Å². The molecule has 0 spiro atoms. The number of anilines is 1. The Balaban J connectivity index is 2.12. The molecule has 1 aromatic carbocycles. The number of carbonyl (C=O) groups excluding carboxylic acids is 2. The predicted octanol–water partition coefficient (Wildman–Crippen LogP) is 1.55. The number of likely N-dealkylation sites (tertiary alicyclic amines) is 1. The summed E-state index contributed by atoms with van der Waals surface area (Å²) < 4.78 is 0. The highest BCUT2D eigenvalue weighted by Crippen LogP contribution is 2.28. The monoisotopic (exact) mass is 346 g/mol. The normalized spacial score (nSPS) is 16.8. The molecule has 1 aliphatic rings. The lowest BCUT2D eigenvalue weighted by atomic mass is 9.85. The molecule has 1 aliphatic heterocycles. The first-order valence-electron chi connectivity index (χ1n) is 8.89. The maximum atomic E-state index is 12.9. The smallest absolute Gasteiger partial charge is 0.246 e. The number of carbonyl (C=O) groups is 2. The van der Waals surface area contributed by atoms with Gasteiger partial charge in [0.05, 0.1) is 6.54 Å². The summed E-state index contributed by atoms with van der Waals surface area (Å²) in [4.78, 5) is 28.9. The van der Waals surface area contributed by atoms with E-state index < -0.39 is 5.54 Å². The molecule has 0 aromatic heterocycles. The molecule has 0 bridgehead atoms. The van der Waals surface area contributed by atoms with Crippen molar-refractivity contribution >= 4 is 17.5 Å². The van der Waals surface area contributed by atoms with E-state index in [-0.39, 0.29) is 17.9 Å². The molecular weight excluding hydrogens is 316 g/mol. The van der Waals surface area contributed by atoms with Crippen molar-refractivity contribution in [3.63, 3.8) is 0 Å². The minimum atomic E-state index is -0.680. The van der Waals surface area contributed by atoms with Crippen LogP contribution in [-0.2, 0) is 9.59 Å². The fourth-order valence-corrected chi connectivity index (χ4v) is 3.12. The number of benzene rings is 1. The van der Waals surface area contributed by atoms with E-state index in [1.54, 1.807) is 0 Å². The van der Waals surface area contributed by atoms with Crippen molar-refractivity contribution in [1.29, 1.82) is 0 Å². The summed E-state index contributed by atoms with van der Waals surface area (Å²) in [5.74, 6) is 0.119. The van der Waals surface area contributed by atoms with Gasteiger partial charge in [-0.05, 0) is 52.9 Å². The van der Waals surface area contributed by atoms with Crippen molar-refractivity contribution in [2.24, 2.45) is 0 Å². The zero-order valence-corrected chi connectivity index (χ0v) is 15.7. The average molecular weight is 346 g/mol. The lowest BCUT2D eigenvalue weighted by molar-refractivity contribution is -0.136. The van der Waals surface area contributed by atoms with Crippen molar-refractivity contribution in [3.05, 3.63) is 30.3 Å². The molecule has 1 heterocycles. The fraction of sp³-hybridized carbons (Fsp3) is 0.579. The van der Waals surface area contributed by atoms with Gasteiger partial charge in [-0.1, -0.05) is 18.2 Å². The lowest BCUT2D eigenvalue weighted by Crippen LogP contribution is -2.60. The van der Waals surface area contributed by atoms with Gasteiger partial charge in [0.15, 0.2) is 0 Å². The third kappa shape index (κ3) is 5.19. The predicted molar refractivity (Wildman–Crippen MR) is 100 cm³/mol. The van der Waals surface area contributed by atoms with Crippen LogP contribution in [0.25, 0.3) is 0 Å². The molecule has 1 saturated heterocycles.